The molecule has 0 radical (unpaired) electrons. The number of carbonyl (C=O) groups is 1. The third-order valence-corrected chi connectivity index (χ3v) is 8.56. The van der Waals surface area contributed by atoms with E-state index in [-0.39, 0.29) is 22.8 Å². The van der Waals surface area contributed by atoms with Crippen LogP contribution >= 0.6 is 11.6 Å². The summed E-state index contributed by atoms with van der Waals surface area (Å²) in [6.45, 7) is 2.28. The number of amides is 1. The predicted octanol–water partition coefficient (Wildman–Crippen LogP) is 4.33. The monoisotopic (exact) mass is 469 g/mol. The second-order valence-electron chi connectivity index (χ2n) is 10.5. The molecule has 4 bridgehead atoms. The number of anilines is 1. The molecule has 33 heavy (non-hydrogen) atoms. The first-order valence-electron chi connectivity index (χ1n) is 11.9. The molecule has 0 spiro atoms. The Morgan fingerprint density at radius 1 is 1.06 bits per heavy atom. The molecule has 0 atom stereocenters. The Kier molecular flexibility index (Phi) is 4.90. The SMILES string of the molecule is O=C(c1nn(C23CC4CC(CC(C4)C2)C3)cc1[N+](=O)[O-])N1CCN(c2cccc(Cl)c2)CC1. The molecule has 2 heterocycles. The molecular weight excluding hydrogens is 442 g/mol. The fourth-order valence-corrected chi connectivity index (χ4v) is 7.41. The van der Waals surface area contributed by atoms with Gasteiger partial charge in [-0.3, -0.25) is 19.6 Å². The number of carbonyl (C=O) groups excluding carboxylic acids is 1. The van der Waals surface area contributed by atoms with E-state index in [0.717, 1.165) is 24.9 Å². The topological polar surface area (TPSA) is 84.5 Å². The van der Waals surface area contributed by atoms with Crippen LogP contribution in [0, 0.1) is 27.9 Å². The van der Waals surface area contributed by atoms with Gasteiger partial charge in [0.25, 0.3) is 5.91 Å². The molecule has 0 unspecified atom stereocenters. The summed E-state index contributed by atoms with van der Waals surface area (Å²) in [6.07, 6.45) is 8.49. The summed E-state index contributed by atoms with van der Waals surface area (Å²) < 4.78 is 1.82. The molecule has 1 aliphatic heterocycles. The van der Waals surface area contributed by atoms with Crippen LogP contribution < -0.4 is 4.90 Å². The summed E-state index contributed by atoms with van der Waals surface area (Å²) >= 11 is 6.12. The van der Waals surface area contributed by atoms with E-state index in [1.54, 1.807) is 11.1 Å². The summed E-state index contributed by atoms with van der Waals surface area (Å²) in [5.74, 6) is 1.74. The summed E-state index contributed by atoms with van der Waals surface area (Å²) in [7, 11) is 0. The van der Waals surface area contributed by atoms with E-state index >= 15 is 0 Å². The highest BCUT2D eigenvalue weighted by atomic mass is 35.5. The van der Waals surface area contributed by atoms with Crippen molar-refractivity contribution in [3.63, 3.8) is 0 Å². The number of rotatable bonds is 4. The van der Waals surface area contributed by atoms with Crippen molar-refractivity contribution < 1.29 is 9.72 Å². The summed E-state index contributed by atoms with van der Waals surface area (Å²) in [6, 6.07) is 7.66. The van der Waals surface area contributed by atoms with E-state index in [9.17, 15) is 14.9 Å². The molecule has 8 nitrogen and oxygen atoms in total. The van der Waals surface area contributed by atoms with Crippen LogP contribution in [0.2, 0.25) is 5.02 Å². The lowest BCUT2D eigenvalue weighted by Gasteiger charge is -2.56. The van der Waals surface area contributed by atoms with Crippen LogP contribution in [0.5, 0.6) is 0 Å². The molecule has 2 aromatic rings. The van der Waals surface area contributed by atoms with Crippen LogP contribution in [-0.2, 0) is 5.54 Å². The molecule has 1 saturated heterocycles. The molecule has 5 aliphatic rings. The van der Waals surface area contributed by atoms with Crippen molar-refractivity contribution in [3.05, 3.63) is 51.3 Å². The van der Waals surface area contributed by atoms with Crippen LogP contribution in [-0.4, -0.2) is 51.7 Å². The lowest BCUT2D eigenvalue weighted by molar-refractivity contribution is -0.385. The number of piperazine rings is 1. The molecule has 5 fully saturated rings. The first-order chi connectivity index (χ1) is 15.9. The number of hydrogen-bond donors (Lipinski definition) is 0. The van der Waals surface area contributed by atoms with Crippen molar-refractivity contribution in [1.82, 2.24) is 14.7 Å². The third-order valence-electron chi connectivity index (χ3n) is 8.33. The lowest BCUT2D eigenvalue weighted by atomic mass is 9.53. The number of nitrogens with zero attached hydrogens (tertiary/aromatic N) is 5. The van der Waals surface area contributed by atoms with Gasteiger partial charge in [-0.05, 0) is 74.5 Å². The van der Waals surface area contributed by atoms with Crippen molar-refractivity contribution >= 4 is 28.9 Å². The summed E-state index contributed by atoms with van der Waals surface area (Å²) in [5.41, 5.74) is 0.704. The molecule has 9 heteroatoms. The minimum atomic E-state index is -0.445. The first kappa shape index (κ1) is 21.0. The summed E-state index contributed by atoms with van der Waals surface area (Å²) in [4.78, 5) is 28.7. The van der Waals surface area contributed by atoms with Crippen LogP contribution in [0.3, 0.4) is 0 Å². The average molecular weight is 470 g/mol. The van der Waals surface area contributed by atoms with Gasteiger partial charge in [0, 0.05) is 36.9 Å². The standard InChI is InChI=1S/C24H28ClN5O3/c25-19-2-1-3-20(11-19)27-4-6-28(7-5-27)23(31)22-21(30(32)33)15-29(26-22)24-12-16-8-17(13-24)10-18(9-16)14-24/h1-3,11,15-18H,4-10,12-14H2. The smallest absolute Gasteiger partial charge is 0.320 e. The zero-order chi connectivity index (χ0) is 22.7. The second-order valence-corrected chi connectivity index (χ2v) is 10.9. The van der Waals surface area contributed by atoms with Crippen molar-refractivity contribution in [2.24, 2.45) is 17.8 Å². The van der Waals surface area contributed by atoms with Crippen LogP contribution in [0.25, 0.3) is 0 Å². The predicted molar refractivity (Wildman–Crippen MR) is 125 cm³/mol. The van der Waals surface area contributed by atoms with E-state index in [2.05, 4.69) is 10.00 Å². The second kappa shape index (κ2) is 7.72. The van der Waals surface area contributed by atoms with Gasteiger partial charge < -0.3 is 9.80 Å². The Labute approximate surface area is 197 Å². The highest BCUT2D eigenvalue weighted by Crippen LogP contribution is 2.58. The van der Waals surface area contributed by atoms with Gasteiger partial charge in [-0.25, -0.2) is 0 Å². The molecule has 1 aromatic carbocycles. The number of benzene rings is 1. The Balaban J connectivity index is 1.23. The summed E-state index contributed by atoms with van der Waals surface area (Å²) in [5, 5.41) is 17.2. The Bertz CT molecular complexity index is 1070. The minimum Gasteiger partial charge on any atom is -0.368 e. The highest BCUT2D eigenvalue weighted by molar-refractivity contribution is 6.30. The van der Waals surface area contributed by atoms with Gasteiger partial charge in [0.1, 0.15) is 6.20 Å². The zero-order valence-electron chi connectivity index (χ0n) is 18.5. The Morgan fingerprint density at radius 3 is 2.27 bits per heavy atom. The van der Waals surface area contributed by atoms with Crippen molar-refractivity contribution in [2.75, 3.05) is 31.1 Å². The van der Waals surface area contributed by atoms with Gasteiger partial charge in [-0.1, -0.05) is 17.7 Å². The van der Waals surface area contributed by atoms with Gasteiger partial charge in [-0.2, -0.15) is 5.10 Å². The normalized spacial score (nSPS) is 30.6. The number of nitro groups is 1. The van der Waals surface area contributed by atoms with Gasteiger partial charge in [0.15, 0.2) is 0 Å². The lowest BCUT2D eigenvalue weighted by Crippen LogP contribution is -2.52. The van der Waals surface area contributed by atoms with Crippen molar-refractivity contribution in [2.45, 2.75) is 44.1 Å². The molecule has 0 N–H and O–H groups in total. The third kappa shape index (κ3) is 3.59. The number of aromatic nitrogens is 2. The van der Waals surface area contributed by atoms with E-state index < -0.39 is 4.92 Å². The first-order valence-corrected chi connectivity index (χ1v) is 12.3. The van der Waals surface area contributed by atoms with Gasteiger partial charge >= 0.3 is 5.69 Å². The maximum absolute atomic E-state index is 13.4. The molecule has 4 aliphatic carbocycles. The fourth-order valence-electron chi connectivity index (χ4n) is 7.23. The van der Waals surface area contributed by atoms with E-state index in [0.29, 0.717) is 49.0 Å². The average Bonchev–Trinajstić information content (AvgIpc) is 3.25. The maximum Gasteiger partial charge on any atom is 0.320 e. The fraction of sp³-hybridized carbons (Fsp3) is 0.583. The van der Waals surface area contributed by atoms with E-state index in [4.69, 9.17) is 11.6 Å². The van der Waals surface area contributed by atoms with Crippen LogP contribution in [0.4, 0.5) is 11.4 Å². The zero-order valence-corrected chi connectivity index (χ0v) is 19.3. The quantitative estimate of drug-likeness (QED) is 0.491. The van der Waals surface area contributed by atoms with E-state index in [1.807, 2.05) is 28.9 Å². The minimum absolute atomic E-state index is 0.00745. The molecule has 1 amide bonds. The number of halogens is 1. The van der Waals surface area contributed by atoms with Gasteiger partial charge in [-0.15, -0.1) is 0 Å². The van der Waals surface area contributed by atoms with Crippen LogP contribution in [0.1, 0.15) is 49.0 Å². The molecule has 7 rings (SSSR count). The molecule has 1 aromatic heterocycles. The van der Waals surface area contributed by atoms with Crippen molar-refractivity contribution in [1.29, 1.82) is 0 Å². The number of hydrogen-bond acceptors (Lipinski definition) is 5. The molecule has 174 valence electrons. The Hall–Kier alpha value is -2.61. The van der Waals surface area contributed by atoms with E-state index in [1.165, 1.54) is 19.3 Å². The maximum atomic E-state index is 13.4. The Morgan fingerprint density at radius 2 is 1.70 bits per heavy atom. The highest BCUT2D eigenvalue weighted by Gasteiger charge is 2.53. The largest absolute Gasteiger partial charge is 0.368 e. The molecule has 4 saturated carbocycles. The van der Waals surface area contributed by atoms with Crippen molar-refractivity contribution in [3.8, 4) is 0 Å². The van der Waals surface area contributed by atoms with Gasteiger partial charge in [0.2, 0.25) is 5.69 Å². The molecular formula is C24H28ClN5O3. The van der Waals surface area contributed by atoms with Gasteiger partial charge in [0.05, 0.1) is 10.5 Å². The van der Waals surface area contributed by atoms with Crippen LogP contribution in [0.15, 0.2) is 30.5 Å².